The molecule has 2 N–H and O–H groups in total. The van der Waals surface area contributed by atoms with Gasteiger partial charge in [-0.05, 0) is 24.0 Å². The molecule has 1 heterocycles. The first-order valence-electron chi connectivity index (χ1n) is 9.45. The van der Waals surface area contributed by atoms with Crippen LogP contribution in [0.3, 0.4) is 0 Å². The molecule has 2 unspecified atom stereocenters. The van der Waals surface area contributed by atoms with Crippen LogP contribution in [-0.2, 0) is 14.3 Å². The van der Waals surface area contributed by atoms with E-state index in [1.807, 2.05) is 18.2 Å². The molecule has 7 heteroatoms. The molecular weight excluding hydrogens is 366 g/mol. The summed E-state index contributed by atoms with van der Waals surface area (Å²) in [5.41, 5.74) is 2.12. The Labute approximate surface area is 168 Å². The van der Waals surface area contributed by atoms with Gasteiger partial charge < -0.3 is 20.3 Å². The van der Waals surface area contributed by atoms with E-state index in [1.54, 1.807) is 12.0 Å². The molecule has 0 spiro atoms. The summed E-state index contributed by atoms with van der Waals surface area (Å²) in [4.78, 5) is 26.7. The Morgan fingerprint density at radius 2 is 2.04 bits per heavy atom. The third kappa shape index (κ3) is 6.48. The number of para-hydroxylation sites is 1. The van der Waals surface area contributed by atoms with Crippen molar-refractivity contribution in [2.75, 3.05) is 44.8 Å². The van der Waals surface area contributed by atoms with Crippen molar-refractivity contribution >= 4 is 29.9 Å². The number of benzene rings is 1. The summed E-state index contributed by atoms with van der Waals surface area (Å²) in [7, 11) is 1.66. The lowest BCUT2D eigenvalue weighted by Gasteiger charge is -2.23. The third-order valence-corrected chi connectivity index (χ3v) is 4.95. The summed E-state index contributed by atoms with van der Waals surface area (Å²) in [5, 5.41) is 6.11. The second kappa shape index (κ2) is 12.0. The minimum Gasteiger partial charge on any atom is -0.383 e. The highest BCUT2D eigenvalue weighted by molar-refractivity contribution is 6.00. The molecule has 0 bridgehead atoms. The second-order valence-corrected chi connectivity index (χ2v) is 6.81. The normalized spacial score (nSPS) is 17.5. The Morgan fingerprint density at radius 3 is 2.74 bits per heavy atom. The molecule has 1 aliphatic heterocycles. The molecule has 1 saturated heterocycles. The van der Waals surface area contributed by atoms with E-state index in [-0.39, 0.29) is 36.6 Å². The van der Waals surface area contributed by atoms with E-state index >= 15 is 0 Å². The highest BCUT2D eigenvalue weighted by atomic mass is 35.5. The van der Waals surface area contributed by atoms with Crippen molar-refractivity contribution in [1.29, 1.82) is 0 Å². The van der Waals surface area contributed by atoms with Crippen LogP contribution in [0.2, 0.25) is 0 Å². The predicted octanol–water partition coefficient (Wildman–Crippen LogP) is 2.33. The van der Waals surface area contributed by atoms with E-state index in [1.165, 1.54) is 5.56 Å². The SMILES string of the molecule is CCC(C)c1ccccc1N1CC(C(=O)NCCNCCOC)CC1=O.Cl. The number of hydrogen-bond donors (Lipinski definition) is 2. The first-order chi connectivity index (χ1) is 12.6. The van der Waals surface area contributed by atoms with Gasteiger partial charge in [-0.1, -0.05) is 32.0 Å². The predicted molar refractivity (Wildman–Crippen MR) is 111 cm³/mol. The fourth-order valence-electron chi connectivity index (χ4n) is 3.20. The van der Waals surface area contributed by atoms with Crippen LogP contribution in [0.1, 0.15) is 38.2 Å². The number of ether oxygens (including phenoxy) is 1. The average Bonchev–Trinajstić information content (AvgIpc) is 3.05. The number of amides is 2. The van der Waals surface area contributed by atoms with Crippen molar-refractivity contribution in [3.63, 3.8) is 0 Å². The Kier molecular flexibility index (Phi) is 10.4. The highest BCUT2D eigenvalue weighted by Gasteiger charge is 2.36. The number of halogens is 1. The zero-order chi connectivity index (χ0) is 18.9. The molecule has 2 amide bonds. The molecule has 0 aliphatic carbocycles. The lowest BCUT2D eigenvalue weighted by Crippen LogP contribution is -2.37. The van der Waals surface area contributed by atoms with Gasteiger partial charge in [0.2, 0.25) is 11.8 Å². The Bertz CT molecular complexity index is 612. The van der Waals surface area contributed by atoms with E-state index in [2.05, 4.69) is 30.5 Å². The Balaban J connectivity index is 0.00000364. The molecule has 1 fully saturated rings. The van der Waals surface area contributed by atoms with Gasteiger partial charge in [0.05, 0.1) is 12.5 Å². The van der Waals surface area contributed by atoms with E-state index < -0.39 is 0 Å². The molecule has 6 nitrogen and oxygen atoms in total. The van der Waals surface area contributed by atoms with E-state index in [0.717, 1.165) is 18.7 Å². The molecule has 0 aromatic heterocycles. The molecular formula is C20H32ClN3O3. The standard InChI is InChI=1S/C20H31N3O3.ClH/c1-4-15(2)17-7-5-6-8-18(17)23-14-16(13-19(23)24)20(25)22-10-9-21-11-12-26-3;/h5-8,15-16,21H,4,9-14H2,1-3H3,(H,22,25);1H. The number of methoxy groups -OCH3 is 1. The maximum Gasteiger partial charge on any atom is 0.227 e. The van der Waals surface area contributed by atoms with Gasteiger partial charge in [-0.3, -0.25) is 9.59 Å². The largest absolute Gasteiger partial charge is 0.383 e. The topological polar surface area (TPSA) is 70.7 Å². The van der Waals surface area contributed by atoms with Crippen molar-refractivity contribution in [2.45, 2.75) is 32.6 Å². The smallest absolute Gasteiger partial charge is 0.227 e. The van der Waals surface area contributed by atoms with Crippen molar-refractivity contribution in [3.05, 3.63) is 29.8 Å². The second-order valence-electron chi connectivity index (χ2n) is 6.81. The van der Waals surface area contributed by atoms with Gasteiger partial charge in [0.15, 0.2) is 0 Å². The Morgan fingerprint density at radius 1 is 1.30 bits per heavy atom. The number of nitrogens with one attached hydrogen (secondary N) is 2. The zero-order valence-electron chi connectivity index (χ0n) is 16.5. The fourth-order valence-corrected chi connectivity index (χ4v) is 3.20. The highest BCUT2D eigenvalue weighted by Crippen LogP contribution is 2.33. The number of carbonyl (C=O) groups excluding carboxylic acids is 2. The summed E-state index contributed by atoms with van der Waals surface area (Å²) in [6.07, 6.45) is 1.29. The molecule has 27 heavy (non-hydrogen) atoms. The monoisotopic (exact) mass is 397 g/mol. The van der Waals surface area contributed by atoms with Gasteiger partial charge in [0.25, 0.3) is 0 Å². The van der Waals surface area contributed by atoms with Crippen LogP contribution in [-0.4, -0.2) is 51.7 Å². The van der Waals surface area contributed by atoms with Crippen molar-refractivity contribution in [1.82, 2.24) is 10.6 Å². The quantitative estimate of drug-likeness (QED) is 0.594. The van der Waals surface area contributed by atoms with E-state index in [9.17, 15) is 9.59 Å². The molecule has 0 radical (unpaired) electrons. The van der Waals surface area contributed by atoms with Crippen LogP contribution in [0, 0.1) is 5.92 Å². The van der Waals surface area contributed by atoms with Crippen molar-refractivity contribution in [2.24, 2.45) is 5.92 Å². The molecule has 1 aromatic rings. The first-order valence-corrected chi connectivity index (χ1v) is 9.45. The number of carbonyl (C=O) groups is 2. The zero-order valence-corrected chi connectivity index (χ0v) is 17.3. The summed E-state index contributed by atoms with van der Waals surface area (Å²) < 4.78 is 4.96. The summed E-state index contributed by atoms with van der Waals surface area (Å²) >= 11 is 0. The van der Waals surface area contributed by atoms with E-state index in [0.29, 0.717) is 32.2 Å². The minimum atomic E-state index is -0.286. The van der Waals surface area contributed by atoms with Crippen LogP contribution in [0.4, 0.5) is 5.69 Å². The average molecular weight is 398 g/mol. The summed E-state index contributed by atoms with van der Waals surface area (Å²) in [5.74, 6) is 0.0750. The van der Waals surface area contributed by atoms with Gasteiger partial charge in [-0.15, -0.1) is 12.4 Å². The lowest BCUT2D eigenvalue weighted by atomic mass is 9.96. The maximum atomic E-state index is 12.5. The van der Waals surface area contributed by atoms with Crippen molar-refractivity contribution < 1.29 is 14.3 Å². The Hall–Kier alpha value is -1.63. The summed E-state index contributed by atoms with van der Waals surface area (Å²) in [6, 6.07) is 8.02. The lowest BCUT2D eigenvalue weighted by molar-refractivity contribution is -0.126. The molecule has 152 valence electrons. The maximum absolute atomic E-state index is 12.5. The van der Waals surface area contributed by atoms with Gasteiger partial charge in [-0.2, -0.15) is 0 Å². The number of rotatable bonds is 10. The van der Waals surface area contributed by atoms with Crippen LogP contribution >= 0.6 is 12.4 Å². The molecule has 2 atom stereocenters. The van der Waals surface area contributed by atoms with Crippen LogP contribution < -0.4 is 15.5 Å². The summed E-state index contributed by atoms with van der Waals surface area (Å²) in [6.45, 7) is 7.41. The van der Waals surface area contributed by atoms with Gasteiger partial charge >= 0.3 is 0 Å². The van der Waals surface area contributed by atoms with Gasteiger partial charge in [0.1, 0.15) is 0 Å². The minimum absolute atomic E-state index is 0. The van der Waals surface area contributed by atoms with Gasteiger partial charge in [0, 0.05) is 45.4 Å². The van der Waals surface area contributed by atoms with Crippen LogP contribution in [0.5, 0.6) is 0 Å². The molecule has 1 aromatic carbocycles. The van der Waals surface area contributed by atoms with Crippen LogP contribution in [0.25, 0.3) is 0 Å². The molecule has 2 rings (SSSR count). The third-order valence-electron chi connectivity index (χ3n) is 4.95. The fraction of sp³-hybridized carbons (Fsp3) is 0.600. The number of anilines is 1. The number of nitrogens with zero attached hydrogens (tertiary/aromatic N) is 1. The molecule has 0 saturated carbocycles. The first kappa shape index (κ1) is 23.4. The van der Waals surface area contributed by atoms with Crippen LogP contribution in [0.15, 0.2) is 24.3 Å². The van der Waals surface area contributed by atoms with Gasteiger partial charge in [-0.25, -0.2) is 0 Å². The van der Waals surface area contributed by atoms with E-state index in [4.69, 9.17) is 4.74 Å². The van der Waals surface area contributed by atoms with Crippen molar-refractivity contribution in [3.8, 4) is 0 Å². The number of hydrogen-bond acceptors (Lipinski definition) is 4. The molecule has 1 aliphatic rings.